The number of hydrogen-bond acceptors (Lipinski definition) is 2. The summed E-state index contributed by atoms with van der Waals surface area (Å²) >= 11 is 0. The van der Waals surface area contributed by atoms with E-state index in [1.807, 2.05) is 0 Å². The summed E-state index contributed by atoms with van der Waals surface area (Å²) in [6, 6.07) is 67.0. The van der Waals surface area contributed by atoms with Crippen LogP contribution in [0.15, 0.2) is 209 Å². The second kappa shape index (κ2) is 16.6. The highest BCUT2D eigenvalue weighted by atomic mass is 16.3. The van der Waals surface area contributed by atoms with Gasteiger partial charge in [-0.25, -0.2) is 0 Å². The molecule has 0 fully saturated rings. The summed E-state index contributed by atoms with van der Waals surface area (Å²) in [4.78, 5) is 5.67. The van der Waals surface area contributed by atoms with Crippen LogP contribution in [0.5, 0.6) is 0 Å². The molecule has 58 heavy (non-hydrogen) atoms. The summed E-state index contributed by atoms with van der Waals surface area (Å²) in [6.45, 7) is 4.45. The van der Waals surface area contributed by atoms with Gasteiger partial charge in [0.05, 0.1) is 11.4 Å². The van der Waals surface area contributed by atoms with Gasteiger partial charge >= 0.3 is 0 Å². The maximum atomic E-state index is 6.58. The molecule has 1 aromatic heterocycles. The number of rotatable bonds is 11. The normalized spacial score (nSPS) is 12.5. The average Bonchev–Trinajstić information content (AvgIpc) is 3.66. The second-order valence-corrected chi connectivity index (χ2v) is 15.1. The van der Waals surface area contributed by atoms with Crippen molar-refractivity contribution in [1.82, 2.24) is 0 Å². The van der Waals surface area contributed by atoms with Crippen LogP contribution >= 0.6 is 0 Å². The molecule has 9 rings (SSSR count). The zero-order valence-electron chi connectivity index (χ0n) is 33.0. The molecule has 280 valence electrons. The van der Waals surface area contributed by atoms with E-state index in [0.717, 1.165) is 62.9 Å². The first-order valence-corrected chi connectivity index (χ1v) is 20.3. The van der Waals surface area contributed by atoms with Gasteiger partial charge in [-0.05, 0) is 105 Å². The lowest BCUT2D eigenvalue weighted by molar-refractivity contribution is 0.669. The molecule has 2 heteroatoms. The predicted octanol–water partition coefficient (Wildman–Crippen LogP) is 15.9. The topological polar surface area (TPSA) is 25.5 Å². The van der Waals surface area contributed by atoms with Crippen LogP contribution in [0.4, 0.5) is 0 Å². The van der Waals surface area contributed by atoms with E-state index in [1.165, 1.54) is 49.7 Å². The second-order valence-electron chi connectivity index (χ2n) is 15.1. The summed E-state index contributed by atoms with van der Waals surface area (Å²) in [5.41, 5.74) is 15.5. The number of hydrogen-bond donors (Lipinski definition) is 0. The smallest absolute Gasteiger partial charge is 0.136 e. The summed E-state index contributed by atoms with van der Waals surface area (Å²) in [6.07, 6.45) is 7.24. The van der Waals surface area contributed by atoms with E-state index in [1.54, 1.807) is 0 Å². The van der Waals surface area contributed by atoms with Crippen molar-refractivity contribution >= 4 is 50.2 Å². The van der Waals surface area contributed by atoms with Gasteiger partial charge in [0.15, 0.2) is 0 Å². The Kier molecular flexibility index (Phi) is 10.5. The van der Waals surface area contributed by atoms with E-state index in [4.69, 9.17) is 9.41 Å². The molecule has 0 atom stereocenters. The standard InChI is InChI=1S/C56H45NO/c1-3-4-25-52(50-24-15-26-54-56(50)51-32-31-48(38-55(51)58-54)43-21-12-7-13-22-43)57-53(34-39(2)33-40-16-14-23-44(35-40)41-17-8-5-9-18-41)49-30-29-46-36-45(27-28-47(46)37-49)42-19-10-6-11-20-42/h5-33,35-38H,3-4,34H2,1-2H3/b39-33-,52-25-,57-53+. The van der Waals surface area contributed by atoms with Crippen LogP contribution in [-0.2, 0) is 0 Å². The third-order valence-electron chi connectivity index (χ3n) is 10.9. The van der Waals surface area contributed by atoms with Crippen molar-refractivity contribution in [2.24, 2.45) is 4.99 Å². The minimum Gasteiger partial charge on any atom is -0.456 e. The molecule has 1 heterocycles. The van der Waals surface area contributed by atoms with Crippen LogP contribution in [0.2, 0.25) is 0 Å². The lowest BCUT2D eigenvalue weighted by Crippen LogP contribution is -2.03. The highest BCUT2D eigenvalue weighted by molar-refractivity contribution is 6.13. The fourth-order valence-electron chi connectivity index (χ4n) is 7.97. The molecule has 0 aliphatic heterocycles. The maximum absolute atomic E-state index is 6.58. The molecular formula is C56H45NO. The lowest BCUT2D eigenvalue weighted by Gasteiger charge is -2.13. The number of unbranched alkanes of at least 4 members (excludes halogenated alkanes) is 1. The van der Waals surface area contributed by atoms with Gasteiger partial charge in [-0.3, -0.25) is 4.99 Å². The maximum Gasteiger partial charge on any atom is 0.136 e. The molecule has 0 aliphatic carbocycles. The van der Waals surface area contributed by atoms with Crippen molar-refractivity contribution in [1.29, 1.82) is 0 Å². The Morgan fingerprint density at radius 1 is 0.534 bits per heavy atom. The van der Waals surface area contributed by atoms with E-state index < -0.39 is 0 Å². The first kappa shape index (κ1) is 36.6. The number of furan rings is 1. The van der Waals surface area contributed by atoms with Crippen LogP contribution in [0.1, 0.15) is 49.8 Å². The molecule has 0 aliphatic rings. The molecule has 0 saturated heterocycles. The van der Waals surface area contributed by atoms with E-state index in [-0.39, 0.29) is 0 Å². The molecule has 0 radical (unpaired) electrons. The highest BCUT2D eigenvalue weighted by Crippen LogP contribution is 2.38. The Morgan fingerprint density at radius 2 is 1.14 bits per heavy atom. The van der Waals surface area contributed by atoms with Gasteiger partial charge in [0.2, 0.25) is 0 Å². The van der Waals surface area contributed by atoms with Crippen molar-refractivity contribution in [2.75, 3.05) is 0 Å². The number of benzene rings is 8. The number of allylic oxidation sites excluding steroid dienone is 2. The predicted molar refractivity (Wildman–Crippen MR) is 248 cm³/mol. The van der Waals surface area contributed by atoms with Crippen molar-refractivity contribution in [3.05, 3.63) is 216 Å². The molecule has 0 saturated carbocycles. The van der Waals surface area contributed by atoms with E-state index >= 15 is 0 Å². The fourth-order valence-corrected chi connectivity index (χ4v) is 7.97. The van der Waals surface area contributed by atoms with Crippen LogP contribution in [0.25, 0.3) is 77.9 Å². The van der Waals surface area contributed by atoms with Crippen molar-refractivity contribution in [2.45, 2.75) is 33.1 Å². The highest BCUT2D eigenvalue weighted by Gasteiger charge is 2.17. The third-order valence-corrected chi connectivity index (χ3v) is 10.9. The SMILES string of the molecule is CCC/C=C(\N=C(/C/C(C)=C\c1cccc(-c2ccccc2)c1)c1ccc2cc(-c3ccccc3)ccc2c1)c1cccc2oc3cc(-c4ccccc4)ccc3c12. The van der Waals surface area contributed by atoms with Gasteiger partial charge in [-0.2, -0.15) is 0 Å². The fraction of sp³-hybridized carbons (Fsp3) is 0.0893. The summed E-state index contributed by atoms with van der Waals surface area (Å²) in [7, 11) is 0. The van der Waals surface area contributed by atoms with E-state index in [0.29, 0.717) is 6.42 Å². The van der Waals surface area contributed by atoms with Gasteiger partial charge in [0.1, 0.15) is 11.2 Å². The van der Waals surface area contributed by atoms with Gasteiger partial charge in [0, 0.05) is 22.8 Å². The summed E-state index contributed by atoms with van der Waals surface area (Å²) in [5.74, 6) is 0. The van der Waals surface area contributed by atoms with Crippen LogP contribution in [-0.4, -0.2) is 5.71 Å². The molecule has 8 aromatic carbocycles. The van der Waals surface area contributed by atoms with Crippen LogP contribution < -0.4 is 0 Å². The van der Waals surface area contributed by atoms with Gasteiger partial charge in [0.25, 0.3) is 0 Å². The molecule has 0 bridgehead atoms. The average molecular weight is 748 g/mol. The number of nitrogens with zero attached hydrogens (tertiary/aromatic N) is 1. The molecule has 0 N–H and O–H groups in total. The van der Waals surface area contributed by atoms with Crippen molar-refractivity contribution < 1.29 is 4.42 Å². The monoisotopic (exact) mass is 747 g/mol. The Balaban J connectivity index is 1.16. The Bertz CT molecular complexity index is 2970. The zero-order chi connectivity index (χ0) is 39.3. The Labute approximate surface area is 341 Å². The molecular weight excluding hydrogens is 703 g/mol. The van der Waals surface area contributed by atoms with Gasteiger partial charge < -0.3 is 4.42 Å². The molecule has 0 spiro atoms. The zero-order valence-corrected chi connectivity index (χ0v) is 33.0. The first-order valence-electron chi connectivity index (χ1n) is 20.3. The number of aliphatic imine (C=N–C) groups is 1. The largest absolute Gasteiger partial charge is 0.456 e. The Hall–Kier alpha value is -7.03. The minimum absolute atomic E-state index is 0.690. The van der Waals surface area contributed by atoms with Crippen molar-refractivity contribution in [3.8, 4) is 33.4 Å². The quantitative estimate of drug-likeness (QED) is 0.121. The van der Waals surface area contributed by atoms with E-state index in [9.17, 15) is 0 Å². The third kappa shape index (κ3) is 7.83. The summed E-state index contributed by atoms with van der Waals surface area (Å²) < 4.78 is 6.58. The Morgan fingerprint density at radius 3 is 1.84 bits per heavy atom. The van der Waals surface area contributed by atoms with Crippen LogP contribution in [0.3, 0.4) is 0 Å². The first-order chi connectivity index (χ1) is 28.6. The van der Waals surface area contributed by atoms with E-state index in [2.05, 4.69) is 214 Å². The van der Waals surface area contributed by atoms with Crippen molar-refractivity contribution in [3.63, 3.8) is 0 Å². The molecule has 0 amide bonds. The molecule has 2 nitrogen and oxygen atoms in total. The van der Waals surface area contributed by atoms with Gasteiger partial charge in [-0.15, -0.1) is 0 Å². The van der Waals surface area contributed by atoms with Gasteiger partial charge in [-0.1, -0.05) is 183 Å². The minimum atomic E-state index is 0.690. The molecule has 9 aromatic rings. The lowest BCUT2D eigenvalue weighted by atomic mass is 9.95. The number of fused-ring (bicyclic) bond motifs is 4. The summed E-state index contributed by atoms with van der Waals surface area (Å²) in [5, 5.41) is 4.59. The van der Waals surface area contributed by atoms with Crippen LogP contribution in [0, 0.1) is 0 Å². The molecule has 0 unspecified atom stereocenters.